The van der Waals surface area contributed by atoms with Crippen molar-refractivity contribution in [3.63, 3.8) is 0 Å². The van der Waals surface area contributed by atoms with Gasteiger partial charge in [0.2, 0.25) is 0 Å². The first-order chi connectivity index (χ1) is 13.6. The van der Waals surface area contributed by atoms with Crippen LogP contribution in [-0.2, 0) is 6.54 Å². The molecule has 0 saturated carbocycles. The van der Waals surface area contributed by atoms with Gasteiger partial charge in [0.05, 0.1) is 21.6 Å². The number of hydrogen-bond donors (Lipinski definition) is 3. The van der Waals surface area contributed by atoms with Gasteiger partial charge in [-0.1, -0.05) is 41.7 Å². The number of hydrogen-bond acceptors (Lipinski definition) is 5. The molecule has 1 heterocycles. The van der Waals surface area contributed by atoms with Crippen LogP contribution in [0.15, 0.2) is 66.7 Å². The molecule has 0 bridgehead atoms. The zero-order valence-electron chi connectivity index (χ0n) is 15.4. The smallest absolute Gasteiger partial charge is 0.255 e. The minimum Gasteiger partial charge on any atom is -0.397 e. The Labute approximate surface area is 167 Å². The second kappa shape index (κ2) is 7.70. The van der Waals surface area contributed by atoms with Gasteiger partial charge in [-0.2, -0.15) is 0 Å². The summed E-state index contributed by atoms with van der Waals surface area (Å²) in [6.45, 7) is 2.72. The summed E-state index contributed by atoms with van der Waals surface area (Å²) in [6.07, 6.45) is 0. The van der Waals surface area contributed by atoms with Crippen molar-refractivity contribution < 1.29 is 4.79 Å². The number of anilines is 3. The highest BCUT2D eigenvalue weighted by Gasteiger charge is 2.08. The van der Waals surface area contributed by atoms with E-state index in [2.05, 4.69) is 34.7 Å². The van der Waals surface area contributed by atoms with Crippen LogP contribution >= 0.6 is 11.3 Å². The Kier molecular flexibility index (Phi) is 4.95. The van der Waals surface area contributed by atoms with Gasteiger partial charge >= 0.3 is 0 Å². The van der Waals surface area contributed by atoms with E-state index in [0.29, 0.717) is 23.5 Å². The summed E-state index contributed by atoms with van der Waals surface area (Å²) < 4.78 is 1.18. The third-order valence-corrected chi connectivity index (χ3v) is 5.39. The first kappa shape index (κ1) is 18.0. The maximum atomic E-state index is 12.4. The Balaban J connectivity index is 1.40. The molecule has 4 N–H and O–H groups in total. The van der Waals surface area contributed by atoms with E-state index in [1.54, 1.807) is 23.5 Å². The van der Waals surface area contributed by atoms with E-state index in [1.807, 2.05) is 42.5 Å². The van der Waals surface area contributed by atoms with Crippen LogP contribution in [0.4, 0.5) is 16.5 Å². The first-order valence-electron chi connectivity index (χ1n) is 8.94. The van der Waals surface area contributed by atoms with Crippen molar-refractivity contribution in [3.8, 4) is 0 Å². The Morgan fingerprint density at radius 3 is 2.64 bits per heavy atom. The molecule has 4 rings (SSSR count). The molecule has 0 atom stereocenters. The normalized spacial score (nSPS) is 10.8. The molecule has 0 unspecified atom stereocenters. The van der Waals surface area contributed by atoms with Gasteiger partial charge in [-0.05, 0) is 54.4 Å². The van der Waals surface area contributed by atoms with Crippen molar-refractivity contribution in [2.24, 2.45) is 0 Å². The summed E-state index contributed by atoms with van der Waals surface area (Å²) in [7, 11) is 0. The predicted octanol–water partition coefficient (Wildman–Crippen LogP) is 5.05. The minimum absolute atomic E-state index is 0.182. The number of nitrogens with zero attached hydrogens (tertiary/aromatic N) is 1. The molecule has 0 aliphatic rings. The molecule has 0 saturated heterocycles. The monoisotopic (exact) mass is 388 g/mol. The Hall–Kier alpha value is -3.38. The van der Waals surface area contributed by atoms with Crippen LogP contribution in [0.5, 0.6) is 0 Å². The molecular formula is C22H20N4OS. The van der Waals surface area contributed by atoms with E-state index < -0.39 is 0 Å². The standard InChI is InChI=1S/C22H20N4OS/c1-14-6-11-19-20(12-14)28-22(26-19)24-13-15-7-9-16(10-8-15)21(27)25-18-5-3-2-4-17(18)23/h2-12H,13,23H2,1H3,(H,24,26)(H,25,27). The number of para-hydroxylation sites is 2. The molecule has 0 radical (unpaired) electrons. The molecule has 0 aliphatic carbocycles. The van der Waals surface area contributed by atoms with Gasteiger partial charge in [-0.15, -0.1) is 0 Å². The number of aryl methyl sites for hydroxylation is 1. The molecule has 0 aliphatic heterocycles. The maximum Gasteiger partial charge on any atom is 0.255 e. The number of nitrogens with one attached hydrogen (secondary N) is 2. The number of thiazole rings is 1. The van der Waals surface area contributed by atoms with Gasteiger partial charge in [0.25, 0.3) is 5.91 Å². The number of carbonyl (C=O) groups is 1. The average Bonchev–Trinajstić information content (AvgIpc) is 3.10. The Bertz CT molecular complexity index is 1130. The molecule has 140 valence electrons. The lowest BCUT2D eigenvalue weighted by Crippen LogP contribution is -2.13. The zero-order chi connectivity index (χ0) is 19.5. The number of nitrogen functional groups attached to an aromatic ring is 1. The van der Waals surface area contributed by atoms with E-state index in [-0.39, 0.29) is 5.91 Å². The van der Waals surface area contributed by atoms with E-state index in [1.165, 1.54) is 10.3 Å². The highest BCUT2D eigenvalue weighted by molar-refractivity contribution is 7.22. The quantitative estimate of drug-likeness (QED) is 0.418. The third-order valence-electron chi connectivity index (χ3n) is 4.41. The fourth-order valence-corrected chi connectivity index (χ4v) is 3.82. The number of fused-ring (bicyclic) bond motifs is 1. The Morgan fingerprint density at radius 2 is 1.86 bits per heavy atom. The zero-order valence-corrected chi connectivity index (χ0v) is 16.2. The molecule has 3 aromatic carbocycles. The lowest BCUT2D eigenvalue weighted by molar-refractivity contribution is 0.102. The van der Waals surface area contributed by atoms with E-state index in [9.17, 15) is 4.79 Å². The number of benzene rings is 3. The van der Waals surface area contributed by atoms with Crippen LogP contribution in [0.2, 0.25) is 0 Å². The highest BCUT2D eigenvalue weighted by atomic mass is 32.1. The minimum atomic E-state index is -0.182. The molecule has 6 heteroatoms. The molecular weight excluding hydrogens is 368 g/mol. The van der Waals surface area contributed by atoms with Crippen LogP contribution in [0.25, 0.3) is 10.2 Å². The predicted molar refractivity (Wildman–Crippen MR) is 117 cm³/mol. The van der Waals surface area contributed by atoms with Crippen molar-refractivity contribution in [3.05, 3.63) is 83.4 Å². The van der Waals surface area contributed by atoms with Crippen LogP contribution < -0.4 is 16.4 Å². The lowest BCUT2D eigenvalue weighted by atomic mass is 10.1. The molecule has 1 amide bonds. The largest absolute Gasteiger partial charge is 0.397 e. The van der Waals surface area contributed by atoms with E-state index in [4.69, 9.17) is 5.73 Å². The topological polar surface area (TPSA) is 80.0 Å². The first-order valence-corrected chi connectivity index (χ1v) is 9.76. The van der Waals surface area contributed by atoms with Crippen LogP contribution in [0.3, 0.4) is 0 Å². The summed E-state index contributed by atoms with van der Waals surface area (Å²) in [5, 5.41) is 7.08. The molecule has 28 heavy (non-hydrogen) atoms. The molecule has 5 nitrogen and oxygen atoms in total. The lowest BCUT2D eigenvalue weighted by Gasteiger charge is -2.08. The number of rotatable bonds is 5. The molecule has 4 aromatic rings. The fourth-order valence-electron chi connectivity index (χ4n) is 2.86. The van der Waals surface area contributed by atoms with Crippen molar-refractivity contribution in [2.45, 2.75) is 13.5 Å². The van der Waals surface area contributed by atoms with E-state index in [0.717, 1.165) is 16.2 Å². The van der Waals surface area contributed by atoms with Crippen molar-refractivity contribution in [1.82, 2.24) is 4.98 Å². The van der Waals surface area contributed by atoms with Gasteiger partial charge < -0.3 is 16.4 Å². The van der Waals surface area contributed by atoms with Gasteiger partial charge in [0.1, 0.15) is 0 Å². The summed E-state index contributed by atoms with van der Waals surface area (Å²) in [5.41, 5.74) is 10.9. The number of aromatic nitrogens is 1. The van der Waals surface area contributed by atoms with Gasteiger partial charge in [0.15, 0.2) is 5.13 Å². The fraction of sp³-hybridized carbons (Fsp3) is 0.0909. The number of nitrogens with two attached hydrogens (primary N) is 1. The van der Waals surface area contributed by atoms with Crippen molar-refractivity contribution in [2.75, 3.05) is 16.4 Å². The third kappa shape index (κ3) is 3.97. The van der Waals surface area contributed by atoms with Crippen molar-refractivity contribution in [1.29, 1.82) is 0 Å². The molecule has 1 aromatic heterocycles. The summed E-state index contributed by atoms with van der Waals surface area (Å²) in [4.78, 5) is 17.0. The van der Waals surface area contributed by atoms with Gasteiger partial charge in [-0.3, -0.25) is 4.79 Å². The van der Waals surface area contributed by atoms with E-state index >= 15 is 0 Å². The van der Waals surface area contributed by atoms with Crippen LogP contribution in [0, 0.1) is 6.92 Å². The number of amides is 1. The molecule has 0 spiro atoms. The van der Waals surface area contributed by atoms with Crippen LogP contribution in [-0.4, -0.2) is 10.9 Å². The SMILES string of the molecule is Cc1ccc2nc(NCc3ccc(C(=O)Nc4ccccc4N)cc3)sc2c1. The average molecular weight is 388 g/mol. The summed E-state index contributed by atoms with van der Waals surface area (Å²) in [6, 6.07) is 21.0. The van der Waals surface area contributed by atoms with Gasteiger partial charge in [0, 0.05) is 12.1 Å². The summed E-state index contributed by atoms with van der Waals surface area (Å²) in [5.74, 6) is -0.182. The van der Waals surface area contributed by atoms with Gasteiger partial charge in [-0.25, -0.2) is 4.98 Å². The highest BCUT2D eigenvalue weighted by Crippen LogP contribution is 2.27. The van der Waals surface area contributed by atoms with Crippen LogP contribution in [0.1, 0.15) is 21.5 Å². The maximum absolute atomic E-state index is 12.4. The second-order valence-electron chi connectivity index (χ2n) is 6.58. The van der Waals surface area contributed by atoms with Crippen molar-refractivity contribution >= 4 is 44.0 Å². The number of carbonyl (C=O) groups excluding carboxylic acids is 1. The Morgan fingerprint density at radius 1 is 1.07 bits per heavy atom. The second-order valence-corrected chi connectivity index (χ2v) is 7.61. The summed E-state index contributed by atoms with van der Waals surface area (Å²) >= 11 is 1.64. The molecule has 0 fully saturated rings.